The first-order chi connectivity index (χ1) is 18.4. The van der Waals surface area contributed by atoms with E-state index in [1.54, 1.807) is 24.3 Å². The highest BCUT2D eigenvalue weighted by molar-refractivity contribution is 6.32. The quantitative estimate of drug-likeness (QED) is 0.187. The summed E-state index contributed by atoms with van der Waals surface area (Å²) in [5, 5.41) is 26.1. The van der Waals surface area contributed by atoms with Crippen molar-refractivity contribution in [1.82, 2.24) is 4.98 Å². The van der Waals surface area contributed by atoms with E-state index in [-0.39, 0.29) is 29.7 Å². The van der Waals surface area contributed by atoms with Gasteiger partial charge in [-0.25, -0.2) is 0 Å². The number of fused-ring (bicyclic) bond motifs is 1. The summed E-state index contributed by atoms with van der Waals surface area (Å²) in [6.45, 7) is 1.14. The third kappa shape index (κ3) is 5.43. The van der Waals surface area contributed by atoms with Crippen molar-refractivity contribution in [3.05, 3.63) is 92.1 Å². The number of pyridine rings is 1. The molecule has 0 spiro atoms. The predicted octanol–water partition coefficient (Wildman–Crippen LogP) is 6.81. The molecule has 1 saturated heterocycles. The van der Waals surface area contributed by atoms with E-state index >= 15 is 0 Å². The number of anilines is 2. The molecule has 3 aromatic carbocycles. The van der Waals surface area contributed by atoms with Crippen molar-refractivity contribution in [1.29, 1.82) is 5.26 Å². The summed E-state index contributed by atoms with van der Waals surface area (Å²) < 4.78 is 17.0. The van der Waals surface area contributed by atoms with Crippen LogP contribution in [0, 0.1) is 21.4 Å². The lowest BCUT2D eigenvalue weighted by atomic mass is 10.1. The topological polar surface area (TPSA) is 120 Å². The number of nitro benzene ring substituents is 1. The summed E-state index contributed by atoms with van der Waals surface area (Å²) in [6, 6.07) is 17.4. The second kappa shape index (κ2) is 11.1. The van der Waals surface area contributed by atoms with Crippen molar-refractivity contribution < 1.29 is 19.1 Å². The Morgan fingerprint density at radius 1 is 1.16 bits per heavy atom. The van der Waals surface area contributed by atoms with Gasteiger partial charge in [-0.2, -0.15) is 5.26 Å². The van der Waals surface area contributed by atoms with Gasteiger partial charge in [-0.1, -0.05) is 41.4 Å². The molecule has 0 amide bonds. The number of ether oxygens (including phenoxy) is 3. The number of aromatic nitrogens is 1. The average molecular weight is 551 g/mol. The first kappa shape index (κ1) is 25.5. The van der Waals surface area contributed by atoms with Gasteiger partial charge in [0.2, 0.25) is 0 Å². The van der Waals surface area contributed by atoms with Crippen LogP contribution >= 0.6 is 23.2 Å². The fourth-order valence-corrected chi connectivity index (χ4v) is 4.49. The van der Waals surface area contributed by atoms with Gasteiger partial charge in [0.1, 0.15) is 24.5 Å². The van der Waals surface area contributed by atoms with Crippen LogP contribution in [0.5, 0.6) is 11.5 Å². The van der Waals surface area contributed by atoms with E-state index in [4.69, 9.17) is 37.4 Å². The van der Waals surface area contributed by atoms with E-state index in [0.29, 0.717) is 57.7 Å². The van der Waals surface area contributed by atoms with E-state index in [9.17, 15) is 15.4 Å². The molecule has 0 bridgehead atoms. The number of nitriles is 1. The zero-order valence-corrected chi connectivity index (χ0v) is 21.3. The molecule has 0 saturated carbocycles. The molecule has 2 heterocycles. The number of nitrogens with one attached hydrogen (secondary N) is 1. The van der Waals surface area contributed by atoms with Crippen molar-refractivity contribution in [2.75, 3.05) is 18.5 Å². The summed E-state index contributed by atoms with van der Waals surface area (Å²) in [5.74, 6) is 0.551. The van der Waals surface area contributed by atoms with Crippen LogP contribution in [0.25, 0.3) is 10.9 Å². The van der Waals surface area contributed by atoms with Crippen LogP contribution in [-0.2, 0) is 11.3 Å². The SMILES string of the molecule is N#Cc1cnc2cc(OC3CCOC3)c([N+](=O)[O-])cc2c1Nc1ccc(OCc2ccccc2Cl)c(Cl)c1. The third-order valence-corrected chi connectivity index (χ3v) is 6.65. The number of hydrogen-bond acceptors (Lipinski definition) is 8. The summed E-state index contributed by atoms with van der Waals surface area (Å²) in [5.41, 5.74) is 2.13. The molecular formula is C27H20Cl2N4O5. The maximum atomic E-state index is 11.9. The van der Waals surface area contributed by atoms with Gasteiger partial charge < -0.3 is 19.5 Å². The van der Waals surface area contributed by atoms with Gasteiger partial charge in [0.05, 0.1) is 39.9 Å². The van der Waals surface area contributed by atoms with Crippen LogP contribution in [0.1, 0.15) is 17.5 Å². The Hall–Kier alpha value is -4.10. The minimum Gasteiger partial charge on any atom is -0.487 e. The number of halogens is 2. The number of nitro groups is 1. The van der Waals surface area contributed by atoms with E-state index in [2.05, 4.69) is 16.4 Å². The maximum Gasteiger partial charge on any atom is 0.311 e. The fourth-order valence-electron chi connectivity index (χ4n) is 4.06. The molecule has 1 unspecified atom stereocenters. The van der Waals surface area contributed by atoms with Gasteiger partial charge in [0.15, 0.2) is 5.75 Å². The van der Waals surface area contributed by atoms with Gasteiger partial charge in [-0.15, -0.1) is 0 Å². The van der Waals surface area contributed by atoms with E-state index < -0.39 is 4.92 Å². The first-order valence-corrected chi connectivity index (χ1v) is 12.4. The summed E-state index contributed by atoms with van der Waals surface area (Å²) in [6.07, 6.45) is 1.77. The molecule has 5 rings (SSSR count). The Labute approximate surface area is 227 Å². The summed E-state index contributed by atoms with van der Waals surface area (Å²) in [7, 11) is 0. The number of nitrogens with zero attached hydrogens (tertiary/aromatic N) is 3. The second-order valence-corrected chi connectivity index (χ2v) is 9.32. The standard InChI is InChI=1S/C27H20Cl2N4O5/c28-21-4-2-1-3-16(21)14-37-25-6-5-18(9-22(25)29)32-27-17(12-30)13-31-23-11-26(38-19-7-8-36-15-19)24(33(34)35)10-20(23)27/h1-6,9-11,13,19H,7-8,14-15H2,(H,31,32). The summed E-state index contributed by atoms with van der Waals surface area (Å²) >= 11 is 12.7. The largest absolute Gasteiger partial charge is 0.487 e. The highest BCUT2D eigenvalue weighted by Gasteiger charge is 2.25. The Bertz CT molecular complexity index is 1570. The number of hydrogen-bond donors (Lipinski definition) is 1. The smallest absolute Gasteiger partial charge is 0.311 e. The monoisotopic (exact) mass is 550 g/mol. The molecule has 1 atom stereocenters. The van der Waals surface area contributed by atoms with Crippen LogP contribution in [0.3, 0.4) is 0 Å². The Morgan fingerprint density at radius 3 is 2.71 bits per heavy atom. The molecule has 1 N–H and O–H groups in total. The lowest BCUT2D eigenvalue weighted by Crippen LogP contribution is -2.16. The van der Waals surface area contributed by atoms with Crippen molar-refractivity contribution in [3.8, 4) is 17.6 Å². The molecule has 11 heteroatoms. The zero-order valence-electron chi connectivity index (χ0n) is 19.8. The lowest BCUT2D eigenvalue weighted by molar-refractivity contribution is -0.385. The van der Waals surface area contributed by atoms with Crippen LogP contribution in [0.15, 0.2) is 60.8 Å². The van der Waals surface area contributed by atoms with E-state index in [0.717, 1.165) is 5.56 Å². The van der Waals surface area contributed by atoms with Crippen LogP contribution in [0.4, 0.5) is 17.1 Å². The third-order valence-electron chi connectivity index (χ3n) is 5.99. The highest BCUT2D eigenvalue weighted by atomic mass is 35.5. The van der Waals surface area contributed by atoms with Crippen molar-refractivity contribution in [2.24, 2.45) is 0 Å². The van der Waals surface area contributed by atoms with Crippen molar-refractivity contribution in [2.45, 2.75) is 19.1 Å². The molecule has 0 aliphatic carbocycles. The molecular weight excluding hydrogens is 531 g/mol. The molecule has 1 aliphatic heterocycles. The Kier molecular flexibility index (Phi) is 7.47. The van der Waals surface area contributed by atoms with Crippen LogP contribution in [-0.4, -0.2) is 29.2 Å². The van der Waals surface area contributed by atoms with E-state index in [1.807, 2.05) is 18.2 Å². The normalized spacial score (nSPS) is 14.7. The Balaban J connectivity index is 1.45. The van der Waals surface area contributed by atoms with Crippen molar-refractivity contribution in [3.63, 3.8) is 0 Å². The molecule has 0 radical (unpaired) electrons. The maximum absolute atomic E-state index is 11.9. The minimum atomic E-state index is -0.518. The van der Waals surface area contributed by atoms with Gasteiger partial charge in [0, 0.05) is 46.4 Å². The summed E-state index contributed by atoms with van der Waals surface area (Å²) in [4.78, 5) is 15.7. The number of rotatable bonds is 8. The van der Waals surface area contributed by atoms with Crippen LogP contribution < -0.4 is 14.8 Å². The van der Waals surface area contributed by atoms with Gasteiger partial charge >= 0.3 is 5.69 Å². The van der Waals surface area contributed by atoms with Crippen molar-refractivity contribution >= 4 is 51.2 Å². The highest BCUT2D eigenvalue weighted by Crippen LogP contribution is 2.39. The van der Waals surface area contributed by atoms with Gasteiger partial charge in [-0.3, -0.25) is 15.1 Å². The molecule has 1 aromatic heterocycles. The number of benzene rings is 3. The van der Waals surface area contributed by atoms with Crippen LogP contribution in [0.2, 0.25) is 10.0 Å². The molecule has 192 valence electrons. The first-order valence-electron chi connectivity index (χ1n) is 11.6. The second-order valence-electron chi connectivity index (χ2n) is 8.51. The zero-order chi connectivity index (χ0) is 26.6. The predicted molar refractivity (Wildman–Crippen MR) is 143 cm³/mol. The Morgan fingerprint density at radius 2 is 2.00 bits per heavy atom. The van der Waals surface area contributed by atoms with E-state index in [1.165, 1.54) is 18.3 Å². The average Bonchev–Trinajstić information content (AvgIpc) is 3.42. The molecule has 38 heavy (non-hydrogen) atoms. The van der Waals surface area contributed by atoms with Gasteiger partial charge in [-0.05, 0) is 24.3 Å². The van der Waals surface area contributed by atoms with Gasteiger partial charge in [0.25, 0.3) is 0 Å². The molecule has 4 aromatic rings. The molecule has 1 fully saturated rings. The minimum absolute atomic E-state index is 0.101. The fraction of sp³-hybridized carbons (Fsp3) is 0.185. The molecule has 9 nitrogen and oxygen atoms in total. The lowest BCUT2D eigenvalue weighted by Gasteiger charge is -2.16. The molecule has 1 aliphatic rings.